The molecule has 2 nitrogen and oxygen atoms in total. The van der Waals surface area contributed by atoms with E-state index in [2.05, 4.69) is 9.97 Å². The lowest BCUT2D eigenvalue weighted by Crippen LogP contribution is -1.91. The van der Waals surface area contributed by atoms with Crippen LogP contribution in [-0.2, 0) is 0 Å². The van der Waals surface area contributed by atoms with Gasteiger partial charge in [-0.1, -0.05) is 36.1 Å². The lowest BCUT2D eigenvalue weighted by atomic mass is 10.1. The molecule has 0 fully saturated rings. The summed E-state index contributed by atoms with van der Waals surface area (Å²) in [5.41, 5.74) is 2.64. The minimum absolute atomic E-state index is 0.533. The van der Waals surface area contributed by atoms with E-state index in [9.17, 15) is 8.78 Å². The first-order valence-electron chi connectivity index (χ1n) is 5.17. The summed E-state index contributed by atoms with van der Waals surface area (Å²) in [6, 6.07) is 6.92. The number of H-pyrrole nitrogens is 1. The highest BCUT2D eigenvalue weighted by molar-refractivity contribution is 7.99. The van der Waals surface area contributed by atoms with E-state index in [-0.39, 0.29) is 0 Å². The summed E-state index contributed by atoms with van der Waals surface area (Å²) in [4.78, 5) is 7.54. The maximum Gasteiger partial charge on any atom is 0.288 e. The SMILES string of the molecule is Cc1c(-c2ccc(SC(F)F)cc2)[nH]cnc1=S. The first-order valence-corrected chi connectivity index (χ1v) is 6.46. The van der Waals surface area contributed by atoms with Crippen LogP contribution in [0.15, 0.2) is 35.5 Å². The number of hydrogen-bond acceptors (Lipinski definition) is 3. The number of aromatic nitrogens is 2. The second-order valence-electron chi connectivity index (χ2n) is 3.61. The van der Waals surface area contributed by atoms with Crippen LogP contribution < -0.4 is 0 Å². The number of alkyl halides is 2. The summed E-state index contributed by atoms with van der Waals surface area (Å²) in [6.45, 7) is 1.88. The third-order valence-electron chi connectivity index (χ3n) is 2.45. The van der Waals surface area contributed by atoms with Gasteiger partial charge in [-0.15, -0.1) is 0 Å². The maximum absolute atomic E-state index is 12.2. The Labute approximate surface area is 112 Å². The van der Waals surface area contributed by atoms with E-state index in [0.29, 0.717) is 21.3 Å². The Morgan fingerprint density at radius 2 is 1.94 bits per heavy atom. The number of aromatic amines is 1. The molecule has 1 heterocycles. The molecule has 0 saturated heterocycles. The molecule has 0 atom stereocenters. The molecule has 0 aliphatic carbocycles. The van der Waals surface area contributed by atoms with Crippen molar-refractivity contribution in [2.45, 2.75) is 17.6 Å². The van der Waals surface area contributed by atoms with Crippen molar-refractivity contribution in [1.29, 1.82) is 0 Å². The summed E-state index contributed by atoms with van der Waals surface area (Å²) >= 11 is 5.62. The van der Waals surface area contributed by atoms with Crippen LogP contribution in [0.25, 0.3) is 11.3 Å². The largest absolute Gasteiger partial charge is 0.346 e. The number of nitrogens with one attached hydrogen (secondary N) is 1. The predicted octanol–water partition coefficient (Wildman–Crippen LogP) is 4.43. The van der Waals surface area contributed by atoms with Crippen LogP contribution in [0, 0.1) is 11.6 Å². The standard InChI is InChI=1S/C12H10F2N2S2/c1-7-10(15-6-16-11(7)17)8-2-4-9(5-3-8)18-12(13)14/h2-6,12H,1H3,(H,15,16,17). The molecule has 1 aromatic heterocycles. The second kappa shape index (κ2) is 5.58. The molecule has 0 radical (unpaired) electrons. The summed E-state index contributed by atoms with van der Waals surface area (Å²) in [5, 5.41) is 0. The first-order chi connectivity index (χ1) is 8.58. The lowest BCUT2D eigenvalue weighted by molar-refractivity contribution is 0.252. The van der Waals surface area contributed by atoms with Gasteiger partial charge in [-0.25, -0.2) is 4.98 Å². The van der Waals surface area contributed by atoms with E-state index >= 15 is 0 Å². The number of halogens is 2. The number of rotatable bonds is 3. The van der Waals surface area contributed by atoms with Gasteiger partial charge in [0.05, 0.1) is 12.0 Å². The Morgan fingerprint density at radius 1 is 1.28 bits per heavy atom. The molecule has 0 amide bonds. The topological polar surface area (TPSA) is 28.7 Å². The molecule has 0 saturated carbocycles. The van der Waals surface area contributed by atoms with Gasteiger partial charge in [-0.05, 0) is 24.6 Å². The molecule has 0 unspecified atom stereocenters. The molecule has 1 aromatic carbocycles. The summed E-state index contributed by atoms with van der Waals surface area (Å²) in [5.74, 6) is -2.40. The highest BCUT2D eigenvalue weighted by Gasteiger charge is 2.07. The minimum atomic E-state index is -2.40. The summed E-state index contributed by atoms with van der Waals surface area (Å²) in [7, 11) is 0. The van der Waals surface area contributed by atoms with Crippen molar-refractivity contribution in [2.75, 3.05) is 0 Å². The monoisotopic (exact) mass is 284 g/mol. The molecule has 0 bridgehead atoms. The third-order valence-corrected chi connectivity index (χ3v) is 3.59. The Hall–Kier alpha value is -1.27. The number of benzene rings is 1. The normalized spacial score (nSPS) is 10.9. The zero-order valence-electron chi connectivity index (χ0n) is 9.48. The van der Waals surface area contributed by atoms with Gasteiger partial charge in [0.15, 0.2) is 0 Å². The van der Waals surface area contributed by atoms with Crippen molar-refractivity contribution >= 4 is 24.0 Å². The van der Waals surface area contributed by atoms with Gasteiger partial charge >= 0.3 is 0 Å². The molecule has 18 heavy (non-hydrogen) atoms. The minimum Gasteiger partial charge on any atom is -0.346 e. The van der Waals surface area contributed by atoms with Gasteiger partial charge in [-0.3, -0.25) is 0 Å². The van der Waals surface area contributed by atoms with E-state index in [1.807, 2.05) is 6.92 Å². The Morgan fingerprint density at radius 3 is 2.56 bits per heavy atom. The average molecular weight is 284 g/mol. The smallest absolute Gasteiger partial charge is 0.288 e. The Kier molecular flexibility index (Phi) is 4.08. The van der Waals surface area contributed by atoms with Gasteiger partial charge in [0.25, 0.3) is 5.76 Å². The molecule has 2 aromatic rings. The Bertz CT molecular complexity index is 594. The highest BCUT2D eigenvalue weighted by atomic mass is 32.2. The molecule has 1 N–H and O–H groups in total. The van der Waals surface area contributed by atoms with Crippen LogP contribution in [0.1, 0.15) is 5.56 Å². The van der Waals surface area contributed by atoms with Gasteiger partial charge in [0, 0.05) is 10.5 Å². The fraction of sp³-hybridized carbons (Fsp3) is 0.167. The summed E-state index contributed by atoms with van der Waals surface area (Å²) in [6.07, 6.45) is 1.53. The van der Waals surface area contributed by atoms with Gasteiger partial charge < -0.3 is 4.98 Å². The van der Waals surface area contributed by atoms with Crippen molar-refractivity contribution in [3.8, 4) is 11.3 Å². The Balaban J connectivity index is 2.35. The van der Waals surface area contributed by atoms with Crippen LogP contribution in [0.3, 0.4) is 0 Å². The molecular weight excluding hydrogens is 274 g/mol. The van der Waals surface area contributed by atoms with E-state index in [1.165, 1.54) is 6.33 Å². The summed E-state index contributed by atoms with van der Waals surface area (Å²) < 4.78 is 24.9. The van der Waals surface area contributed by atoms with Crippen LogP contribution in [0.2, 0.25) is 0 Å². The van der Waals surface area contributed by atoms with Gasteiger partial charge in [0.1, 0.15) is 4.64 Å². The quantitative estimate of drug-likeness (QED) is 0.667. The van der Waals surface area contributed by atoms with E-state index < -0.39 is 5.76 Å². The molecule has 0 aliphatic heterocycles. The number of nitrogens with zero attached hydrogens (tertiary/aromatic N) is 1. The first kappa shape index (κ1) is 13.2. The molecule has 94 valence electrons. The maximum atomic E-state index is 12.2. The van der Waals surface area contributed by atoms with Crippen LogP contribution in [0.5, 0.6) is 0 Å². The van der Waals surface area contributed by atoms with E-state index in [0.717, 1.165) is 16.8 Å². The van der Waals surface area contributed by atoms with Gasteiger partial charge in [-0.2, -0.15) is 8.78 Å². The lowest BCUT2D eigenvalue weighted by Gasteiger charge is -2.06. The predicted molar refractivity (Wildman–Crippen MR) is 71.5 cm³/mol. The van der Waals surface area contributed by atoms with Crippen molar-refractivity contribution in [3.63, 3.8) is 0 Å². The fourth-order valence-electron chi connectivity index (χ4n) is 1.57. The molecule has 0 spiro atoms. The van der Waals surface area contributed by atoms with Crippen LogP contribution in [-0.4, -0.2) is 15.7 Å². The van der Waals surface area contributed by atoms with Crippen molar-refractivity contribution < 1.29 is 8.78 Å². The van der Waals surface area contributed by atoms with E-state index in [1.54, 1.807) is 24.3 Å². The highest BCUT2D eigenvalue weighted by Crippen LogP contribution is 2.28. The van der Waals surface area contributed by atoms with Crippen molar-refractivity contribution in [2.24, 2.45) is 0 Å². The zero-order chi connectivity index (χ0) is 13.1. The fourth-order valence-corrected chi connectivity index (χ4v) is 2.22. The number of hydrogen-bond donors (Lipinski definition) is 1. The zero-order valence-corrected chi connectivity index (χ0v) is 11.1. The van der Waals surface area contributed by atoms with Crippen LogP contribution in [0.4, 0.5) is 8.78 Å². The van der Waals surface area contributed by atoms with E-state index in [4.69, 9.17) is 12.2 Å². The second-order valence-corrected chi connectivity index (χ2v) is 5.06. The molecule has 0 aliphatic rings. The molecule has 2 rings (SSSR count). The third kappa shape index (κ3) is 2.94. The van der Waals surface area contributed by atoms with Crippen LogP contribution >= 0.6 is 24.0 Å². The molecular formula is C12H10F2N2S2. The number of thioether (sulfide) groups is 1. The van der Waals surface area contributed by atoms with Gasteiger partial charge in [0.2, 0.25) is 0 Å². The van der Waals surface area contributed by atoms with Crippen molar-refractivity contribution in [3.05, 3.63) is 40.8 Å². The average Bonchev–Trinajstić information content (AvgIpc) is 2.33. The molecule has 6 heteroatoms. The van der Waals surface area contributed by atoms with Crippen molar-refractivity contribution in [1.82, 2.24) is 9.97 Å².